The lowest BCUT2D eigenvalue weighted by Crippen LogP contribution is -2.62. The second kappa shape index (κ2) is 34.3. The van der Waals surface area contributed by atoms with Crippen molar-refractivity contribution >= 4 is 59.8 Å². The number of hydrogen-bond donors (Lipinski definition) is 4. The lowest BCUT2D eigenvalue weighted by Gasteiger charge is -2.41. The molecule has 0 bridgehead atoms. The average molecular weight is 1140 g/mol. The van der Waals surface area contributed by atoms with Gasteiger partial charge in [0.15, 0.2) is 6.04 Å². The fourth-order valence-corrected chi connectivity index (χ4v) is 9.43. The zero-order valence-electron chi connectivity index (χ0n) is 51.7. The number of amides is 12. The van der Waals surface area contributed by atoms with Gasteiger partial charge in [-0.1, -0.05) is 92.6 Å². The van der Waals surface area contributed by atoms with Crippen molar-refractivity contribution in [3.05, 3.63) is 35.9 Å². The quantitative estimate of drug-likeness (QED) is 0.0359. The molecule has 1 aromatic carbocycles. The van der Waals surface area contributed by atoms with E-state index in [2.05, 4.69) is 16.0 Å². The molecule has 1 fully saturated rings. The summed E-state index contributed by atoms with van der Waals surface area (Å²) in [4.78, 5) is 148. The molecule has 0 unspecified atom stereocenters. The Morgan fingerprint density at radius 2 is 1.15 bits per heavy atom. The van der Waals surface area contributed by atoms with Gasteiger partial charge in [-0.05, 0) is 94.6 Å². The highest BCUT2D eigenvalue weighted by Crippen LogP contribution is 2.22. The molecule has 23 nitrogen and oxygen atoms in total. The second-order valence-corrected chi connectivity index (χ2v) is 23.4. The maximum absolute atomic E-state index is 15.3. The van der Waals surface area contributed by atoms with Crippen LogP contribution < -0.4 is 21.7 Å². The summed E-state index contributed by atoms with van der Waals surface area (Å²) >= 11 is 0. The number of rotatable bonds is 31. The first-order valence-electron chi connectivity index (χ1n) is 28.7. The maximum atomic E-state index is 15.3. The first kappa shape index (κ1) is 70.9. The van der Waals surface area contributed by atoms with Crippen LogP contribution in [0.25, 0.3) is 0 Å². The Balaban J connectivity index is 2.56. The Labute approximate surface area is 482 Å². The summed E-state index contributed by atoms with van der Waals surface area (Å²) in [7, 11) is 10.1. The van der Waals surface area contributed by atoms with Gasteiger partial charge in [-0.2, -0.15) is 0 Å². The van der Waals surface area contributed by atoms with Crippen molar-refractivity contribution in [1.29, 1.82) is 0 Å². The number of urea groups is 2. The number of nitrogens with two attached hydrogens (primary N) is 1. The van der Waals surface area contributed by atoms with E-state index in [1.54, 1.807) is 37.7 Å². The number of carbonyl (C=O) groups excluding carboxylic acids is 10. The molecule has 0 aliphatic carbocycles. The van der Waals surface area contributed by atoms with E-state index in [4.69, 9.17) is 10.5 Å². The van der Waals surface area contributed by atoms with Crippen LogP contribution in [0.4, 0.5) is 9.59 Å². The second-order valence-electron chi connectivity index (χ2n) is 23.4. The molecule has 1 heterocycles. The summed E-state index contributed by atoms with van der Waals surface area (Å²) in [6.45, 7) is 20.0. The van der Waals surface area contributed by atoms with Crippen LogP contribution in [0.15, 0.2) is 30.3 Å². The van der Waals surface area contributed by atoms with Crippen LogP contribution in [0, 0.1) is 23.7 Å². The Hall–Kier alpha value is -6.20. The Morgan fingerprint density at radius 1 is 0.605 bits per heavy atom. The molecule has 0 spiro atoms. The molecule has 81 heavy (non-hydrogen) atoms. The molecule has 1 aliphatic rings. The van der Waals surface area contributed by atoms with Crippen molar-refractivity contribution in [2.45, 2.75) is 176 Å². The number of likely N-dealkylation sites (tertiary alicyclic amines) is 1. The predicted octanol–water partition coefficient (Wildman–Crippen LogP) is 3.54. The van der Waals surface area contributed by atoms with Gasteiger partial charge in [0.25, 0.3) is 5.91 Å². The SMILES string of the molecule is CC[C@H](NC(=O)[C@H](COCCC(C)C)N(C)C(=O)N(C)[C@H](CC(C)C)NC(=O)[C@H](Cc1ccccc1)N(C)C(=O)[C@H](CC(C)C)N(C)[C@H](CC(C)C)NC(=O)[C@H](C)N(C)C(=O)[C@H](N)C(=O)N1CCCCC1)C(=O)N(C)C(=O)N(C)C=O. The van der Waals surface area contributed by atoms with Crippen molar-refractivity contribution in [2.24, 2.45) is 29.4 Å². The number of nitrogens with one attached hydrogen (secondary N) is 3. The fourth-order valence-electron chi connectivity index (χ4n) is 9.43. The van der Waals surface area contributed by atoms with Crippen molar-refractivity contribution in [2.75, 3.05) is 75.6 Å². The molecule has 0 aromatic heterocycles. The molecule has 1 saturated heterocycles. The predicted molar refractivity (Wildman–Crippen MR) is 310 cm³/mol. The molecule has 8 atom stereocenters. The number of imide groups is 2. The normalized spacial score (nSPS) is 15.6. The smallest absolute Gasteiger partial charge is 0.332 e. The van der Waals surface area contributed by atoms with E-state index in [0.717, 1.165) is 29.7 Å². The summed E-state index contributed by atoms with van der Waals surface area (Å²) in [5, 5.41) is 8.85. The molecule has 23 heteroatoms. The highest BCUT2D eigenvalue weighted by atomic mass is 16.5. The largest absolute Gasteiger partial charge is 0.379 e. The topological polar surface area (TPSA) is 268 Å². The summed E-state index contributed by atoms with van der Waals surface area (Å²) in [6.07, 6.45) is 3.03. The van der Waals surface area contributed by atoms with Crippen LogP contribution in [0.1, 0.15) is 126 Å². The lowest BCUT2D eigenvalue weighted by atomic mass is 9.97. The van der Waals surface area contributed by atoms with Gasteiger partial charge in [-0.25, -0.2) is 9.59 Å². The average Bonchev–Trinajstić information content (AvgIpc) is 3.43. The van der Waals surface area contributed by atoms with Gasteiger partial charge in [0.2, 0.25) is 41.9 Å². The first-order valence-corrected chi connectivity index (χ1v) is 28.7. The third-order valence-corrected chi connectivity index (χ3v) is 14.9. The zero-order valence-corrected chi connectivity index (χ0v) is 51.7. The van der Waals surface area contributed by atoms with E-state index in [1.165, 1.54) is 54.8 Å². The highest BCUT2D eigenvalue weighted by molar-refractivity contribution is 6.05. The molecule has 5 N–H and O–H groups in total. The molecule has 0 saturated carbocycles. The number of ether oxygens (including phenoxy) is 1. The number of benzene rings is 1. The van der Waals surface area contributed by atoms with Crippen LogP contribution in [0.5, 0.6) is 0 Å². The minimum absolute atomic E-state index is 0.0267. The third kappa shape index (κ3) is 21.6. The molecule has 1 aromatic rings. The van der Waals surface area contributed by atoms with Gasteiger partial charge in [0.05, 0.1) is 18.8 Å². The molecule has 458 valence electrons. The molecule has 2 rings (SSSR count). The Kier molecular flexibility index (Phi) is 30.0. The van der Waals surface area contributed by atoms with E-state index in [0.29, 0.717) is 37.3 Å². The summed E-state index contributed by atoms with van der Waals surface area (Å²) < 4.78 is 5.96. The van der Waals surface area contributed by atoms with Gasteiger partial charge in [0.1, 0.15) is 30.3 Å². The van der Waals surface area contributed by atoms with Crippen molar-refractivity contribution in [1.82, 2.24) is 55.1 Å². The van der Waals surface area contributed by atoms with Crippen molar-refractivity contribution in [3.63, 3.8) is 0 Å². The first-order chi connectivity index (χ1) is 37.9. The number of hydrogen-bond acceptors (Lipinski definition) is 13. The minimum Gasteiger partial charge on any atom is -0.379 e. The summed E-state index contributed by atoms with van der Waals surface area (Å²) in [5.41, 5.74) is 6.97. The van der Waals surface area contributed by atoms with Crippen molar-refractivity contribution < 1.29 is 52.7 Å². The third-order valence-electron chi connectivity index (χ3n) is 14.9. The molecule has 0 radical (unpaired) electrons. The monoisotopic (exact) mass is 1140 g/mol. The molecule has 12 amide bonds. The standard InChI is InChI=1S/C58H100N12O11/c1-18-43(53(75)69(17)57(79)63(11)36-71)60-52(74)46(35-81-30-27-37(2)3)67(15)58(80)68(16)48(33-40(8)9)62-51(73)44(34-42-25-21-19-22-26-42)66(14)54(76)45(31-38(4)5)65(13)47(32-39(6)7)61-50(72)41(10)64(12)55(77)49(59)56(78)70-28-23-20-24-29-70/h19,21-22,25-26,36-41,43-49H,18,20,23-24,27-35,59H2,1-17H3,(H,60,74)(H,61,72)(H,62,73)/t41-,43-,44-,45-,46-,47+,48+,49-/m0/s1. The number of carbonyl (C=O) groups is 10. The number of likely N-dealkylation sites (N-methyl/N-ethyl adjacent to an activating group) is 5. The summed E-state index contributed by atoms with van der Waals surface area (Å²) in [5.74, 6) is -3.96. The van der Waals surface area contributed by atoms with Crippen LogP contribution in [-0.4, -0.2) is 223 Å². The van der Waals surface area contributed by atoms with Crippen LogP contribution >= 0.6 is 0 Å². The fraction of sp³-hybridized carbons (Fsp3) is 0.724. The van der Waals surface area contributed by atoms with E-state index >= 15 is 9.59 Å². The Bertz CT molecular complexity index is 2230. The van der Waals surface area contributed by atoms with E-state index in [1.807, 2.05) is 85.7 Å². The minimum atomic E-state index is -1.47. The zero-order chi connectivity index (χ0) is 61.6. The van der Waals surface area contributed by atoms with Crippen LogP contribution in [0.2, 0.25) is 0 Å². The van der Waals surface area contributed by atoms with E-state index in [9.17, 15) is 38.4 Å². The molecular formula is C58H100N12O11. The lowest BCUT2D eigenvalue weighted by molar-refractivity contribution is -0.147. The number of piperidine rings is 1. The van der Waals surface area contributed by atoms with Gasteiger partial charge in [-0.3, -0.25) is 53.1 Å². The van der Waals surface area contributed by atoms with Gasteiger partial charge >= 0.3 is 12.1 Å². The van der Waals surface area contributed by atoms with Crippen LogP contribution in [0.3, 0.4) is 0 Å². The van der Waals surface area contributed by atoms with Crippen molar-refractivity contribution in [3.8, 4) is 0 Å². The Morgan fingerprint density at radius 3 is 1.68 bits per heavy atom. The van der Waals surface area contributed by atoms with E-state index < -0.39 is 102 Å². The molecular weight excluding hydrogens is 1040 g/mol. The number of nitrogens with zero attached hydrogens (tertiary/aromatic N) is 8. The maximum Gasteiger partial charge on any atom is 0.332 e. The van der Waals surface area contributed by atoms with Crippen LogP contribution in [-0.2, 0) is 49.5 Å². The van der Waals surface area contributed by atoms with E-state index in [-0.39, 0.29) is 62.6 Å². The summed E-state index contributed by atoms with van der Waals surface area (Å²) in [6, 6.07) is 0.639. The molecule has 1 aliphatic heterocycles. The van der Waals surface area contributed by atoms with Gasteiger partial charge < -0.3 is 50.9 Å². The van der Waals surface area contributed by atoms with Gasteiger partial charge in [0, 0.05) is 68.4 Å². The highest BCUT2D eigenvalue weighted by Gasteiger charge is 2.41. The van der Waals surface area contributed by atoms with Gasteiger partial charge in [-0.15, -0.1) is 0 Å².